The average molecular weight is 247 g/mol. The van der Waals surface area contributed by atoms with Crippen LogP contribution in [-0.2, 0) is 4.79 Å². The Morgan fingerprint density at radius 1 is 1.44 bits per heavy atom. The van der Waals surface area contributed by atoms with Crippen molar-refractivity contribution in [2.24, 2.45) is 11.8 Å². The molecule has 0 aliphatic heterocycles. The van der Waals surface area contributed by atoms with Crippen molar-refractivity contribution in [1.82, 2.24) is 4.90 Å². The van der Waals surface area contributed by atoms with Crippen molar-refractivity contribution < 1.29 is 4.79 Å². The molecular weight excluding hydrogens is 226 g/mol. The van der Waals surface area contributed by atoms with Crippen molar-refractivity contribution in [3.8, 4) is 0 Å². The Kier molecular flexibility index (Phi) is 3.87. The lowest BCUT2D eigenvalue weighted by Gasteiger charge is -2.16. The van der Waals surface area contributed by atoms with E-state index in [1.807, 2.05) is 19.2 Å². The Bertz CT molecular complexity index is 416. The van der Waals surface area contributed by atoms with Gasteiger partial charge in [0.2, 0.25) is 5.91 Å². The lowest BCUT2D eigenvalue weighted by molar-refractivity contribution is -0.117. The van der Waals surface area contributed by atoms with Gasteiger partial charge in [-0.15, -0.1) is 0 Å². The number of rotatable bonds is 5. The molecule has 2 rings (SSSR count). The molecule has 1 aliphatic carbocycles. The molecular formula is C14H21N3O. The van der Waals surface area contributed by atoms with Crippen LogP contribution < -0.4 is 11.1 Å². The van der Waals surface area contributed by atoms with Crippen LogP contribution in [0.15, 0.2) is 24.3 Å². The first-order valence-corrected chi connectivity index (χ1v) is 6.38. The van der Waals surface area contributed by atoms with Gasteiger partial charge >= 0.3 is 0 Å². The second-order valence-electron chi connectivity index (χ2n) is 5.34. The number of nitrogens with two attached hydrogens (primary N) is 1. The Labute approximate surface area is 108 Å². The molecule has 1 amide bonds. The van der Waals surface area contributed by atoms with E-state index < -0.39 is 0 Å². The van der Waals surface area contributed by atoms with Gasteiger partial charge in [0.25, 0.3) is 0 Å². The Morgan fingerprint density at radius 3 is 2.61 bits per heavy atom. The highest BCUT2D eigenvalue weighted by molar-refractivity contribution is 5.92. The van der Waals surface area contributed by atoms with Gasteiger partial charge in [0.15, 0.2) is 0 Å². The third kappa shape index (κ3) is 3.74. The van der Waals surface area contributed by atoms with Gasteiger partial charge in [0, 0.05) is 17.9 Å². The summed E-state index contributed by atoms with van der Waals surface area (Å²) in [5.41, 5.74) is 7.09. The molecule has 0 radical (unpaired) electrons. The van der Waals surface area contributed by atoms with E-state index in [4.69, 9.17) is 5.73 Å². The fraction of sp³-hybridized carbons (Fsp3) is 0.500. The van der Waals surface area contributed by atoms with Gasteiger partial charge in [-0.05, 0) is 49.6 Å². The second-order valence-corrected chi connectivity index (χ2v) is 5.34. The molecule has 2 unspecified atom stereocenters. The van der Waals surface area contributed by atoms with Crippen molar-refractivity contribution in [3.05, 3.63) is 24.3 Å². The normalized spacial score (nSPS) is 21.9. The van der Waals surface area contributed by atoms with Crippen molar-refractivity contribution in [1.29, 1.82) is 0 Å². The van der Waals surface area contributed by atoms with Crippen molar-refractivity contribution in [3.63, 3.8) is 0 Å². The highest BCUT2D eigenvalue weighted by Gasteiger charge is 2.33. The second kappa shape index (κ2) is 5.40. The molecule has 0 aromatic heterocycles. The molecule has 1 aliphatic rings. The summed E-state index contributed by atoms with van der Waals surface area (Å²) in [6.07, 6.45) is 1.30. The number of carbonyl (C=O) groups excluding carboxylic acids is 1. The molecule has 4 heteroatoms. The highest BCUT2D eigenvalue weighted by Crippen LogP contribution is 2.37. The lowest BCUT2D eigenvalue weighted by Crippen LogP contribution is -2.31. The first-order valence-electron chi connectivity index (χ1n) is 6.38. The first-order chi connectivity index (χ1) is 8.54. The summed E-state index contributed by atoms with van der Waals surface area (Å²) in [7, 11) is 1.99. The molecule has 1 aromatic carbocycles. The monoisotopic (exact) mass is 247 g/mol. The quantitative estimate of drug-likeness (QED) is 0.780. The number of likely N-dealkylation sites (N-methyl/N-ethyl adjacent to an activating group) is 1. The van der Waals surface area contributed by atoms with Gasteiger partial charge in [0.05, 0.1) is 6.54 Å². The third-order valence-corrected chi connectivity index (χ3v) is 3.43. The van der Waals surface area contributed by atoms with E-state index in [0.29, 0.717) is 12.2 Å². The Hall–Kier alpha value is -1.55. The average Bonchev–Trinajstić information content (AvgIpc) is 2.97. The van der Waals surface area contributed by atoms with Crippen LogP contribution in [0.2, 0.25) is 0 Å². The van der Waals surface area contributed by atoms with Crippen LogP contribution in [0.5, 0.6) is 0 Å². The minimum Gasteiger partial charge on any atom is -0.399 e. The predicted molar refractivity (Wildman–Crippen MR) is 74.3 cm³/mol. The summed E-state index contributed by atoms with van der Waals surface area (Å²) in [4.78, 5) is 13.9. The summed E-state index contributed by atoms with van der Waals surface area (Å²) < 4.78 is 0. The fourth-order valence-electron chi connectivity index (χ4n) is 2.13. The van der Waals surface area contributed by atoms with Crippen molar-refractivity contribution >= 4 is 17.3 Å². The number of anilines is 2. The molecule has 0 heterocycles. The molecule has 2 atom stereocenters. The maximum absolute atomic E-state index is 11.8. The SMILES string of the molecule is CC1CC1CN(C)CC(=O)Nc1ccc(N)cc1. The topological polar surface area (TPSA) is 58.4 Å². The zero-order valence-corrected chi connectivity index (χ0v) is 11.0. The van der Waals surface area contributed by atoms with Gasteiger partial charge < -0.3 is 11.1 Å². The Balaban J connectivity index is 1.75. The minimum absolute atomic E-state index is 0.0237. The highest BCUT2D eigenvalue weighted by atomic mass is 16.2. The van der Waals surface area contributed by atoms with E-state index in [1.54, 1.807) is 12.1 Å². The molecule has 3 N–H and O–H groups in total. The number of hydrogen-bond donors (Lipinski definition) is 2. The fourth-order valence-corrected chi connectivity index (χ4v) is 2.13. The number of amides is 1. The summed E-state index contributed by atoms with van der Waals surface area (Å²) in [5, 5.41) is 2.87. The van der Waals surface area contributed by atoms with E-state index in [1.165, 1.54) is 6.42 Å². The molecule has 4 nitrogen and oxygen atoms in total. The third-order valence-electron chi connectivity index (χ3n) is 3.43. The maximum Gasteiger partial charge on any atom is 0.238 e. The smallest absolute Gasteiger partial charge is 0.238 e. The molecule has 1 fully saturated rings. The molecule has 0 spiro atoms. The standard InChI is InChI=1S/C14H21N3O/c1-10-7-11(10)8-17(2)9-14(18)16-13-5-3-12(15)4-6-13/h3-6,10-11H,7-9,15H2,1-2H3,(H,16,18). The van der Waals surface area contributed by atoms with E-state index >= 15 is 0 Å². The van der Waals surface area contributed by atoms with Crippen LogP contribution in [-0.4, -0.2) is 30.9 Å². The van der Waals surface area contributed by atoms with Crippen LogP contribution in [0, 0.1) is 11.8 Å². The molecule has 1 aromatic rings. The summed E-state index contributed by atoms with van der Waals surface area (Å²) in [5.74, 6) is 1.63. The van der Waals surface area contributed by atoms with E-state index in [-0.39, 0.29) is 5.91 Å². The number of hydrogen-bond acceptors (Lipinski definition) is 3. The van der Waals surface area contributed by atoms with Crippen molar-refractivity contribution in [2.75, 3.05) is 31.2 Å². The number of nitrogen functional groups attached to an aromatic ring is 1. The van der Waals surface area contributed by atoms with Crippen LogP contribution >= 0.6 is 0 Å². The van der Waals surface area contributed by atoms with Gasteiger partial charge in [-0.25, -0.2) is 0 Å². The number of carbonyl (C=O) groups is 1. The van der Waals surface area contributed by atoms with Gasteiger partial charge in [-0.1, -0.05) is 6.92 Å². The summed E-state index contributed by atoms with van der Waals surface area (Å²) >= 11 is 0. The minimum atomic E-state index is 0.0237. The van der Waals surface area contributed by atoms with Crippen LogP contribution in [0.3, 0.4) is 0 Å². The zero-order valence-electron chi connectivity index (χ0n) is 11.0. The van der Waals surface area contributed by atoms with Gasteiger partial charge in [-0.3, -0.25) is 9.69 Å². The first kappa shape index (κ1) is 12.9. The van der Waals surface area contributed by atoms with Crippen LogP contribution in [0.25, 0.3) is 0 Å². The number of benzene rings is 1. The van der Waals surface area contributed by atoms with Gasteiger partial charge in [0.1, 0.15) is 0 Å². The number of nitrogens with one attached hydrogen (secondary N) is 1. The van der Waals surface area contributed by atoms with Gasteiger partial charge in [-0.2, -0.15) is 0 Å². The predicted octanol–water partition coefficient (Wildman–Crippen LogP) is 1.80. The van der Waals surface area contributed by atoms with Crippen LogP contribution in [0.1, 0.15) is 13.3 Å². The lowest BCUT2D eigenvalue weighted by atomic mass is 10.3. The van der Waals surface area contributed by atoms with Crippen molar-refractivity contribution in [2.45, 2.75) is 13.3 Å². The van der Waals surface area contributed by atoms with E-state index in [0.717, 1.165) is 24.1 Å². The largest absolute Gasteiger partial charge is 0.399 e. The molecule has 1 saturated carbocycles. The summed E-state index contributed by atoms with van der Waals surface area (Å²) in [6, 6.07) is 7.20. The maximum atomic E-state index is 11.8. The summed E-state index contributed by atoms with van der Waals surface area (Å²) in [6.45, 7) is 3.71. The number of nitrogens with zero attached hydrogens (tertiary/aromatic N) is 1. The zero-order chi connectivity index (χ0) is 13.1. The van der Waals surface area contributed by atoms with Crippen LogP contribution in [0.4, 0.5) is 11.4 Å². The molecule has 0 saturated heterocycles. The molecule has 98 valence electrons. The molecule has 0 bridgehead atoms. The van der Waals surface area contributed by atoms with E-state index in [2.05, 4.69) is 17.1 Å². The van der Waals surface area contributed by atoms with E-state index in [9.17, 15) is 4.79 Å². The molecule has 18 heavy (non-hydrogen) atoms. The Morgan fingerprint density at radius 2 is 2.06 bits per heavy atom.